The van der Waals surface area contributed by atoms with E-state index >= 15 is 0 Å². The molecule has 1 aliphatic carbocycles. The predicted molar refractivity (Wildman–Crippen MR) is 77.9 cm³/mol. The van der Waals surface area contributed by atoms with Gasteiger partial charge in [-0.15, -0.1) is 0 Å². The van der Waals surface area contributed by atoms with E-state index in [1.54, 1.807) is 0 Å². The summed E-state index contributed by atoms with van der Waals surface area (Å²) < 4.78 is 5.04. The highest BCUT2D eigenvalue weighted by molar-refractivity contribution is 5.75. The summed E-state index contributed by atoms with van der Waals surface area (Å²) in [5.41, 5.74) is 6.25. The summed E-state index contributed by atoms with van der Waals surface area (Å²) in [6, 6.07) is -0.464. The van der Waals surface area contributed by atoms with Crippen molar-refractivity contribution in [1.82, 2.24) is 4.90 Å². The summed E-state index contributed by atoms with van der Waals surface area (Å²) in [7, 11) is 0. The number of nitrogens with zero attached hydrogens (tertiary/aromatic N) is 1. The standard InChI is InChI=1S/C15H30N2O2/c1-4-17(5-2)12-15(9-7-8-10-15)11-13(16)14(18)19-6-3/h13H,4-12,16H2,1-3H3. The average Bonchev–Trinajstić information content (AvgIpc) is 2.84. The molecule has 19 heavy (non-hydrogen) atoms. The van der Waals surface area contributed by atoms with Crippen LogP contribution in [0, 0.1) is 5.41 Å². The van der Waals surface area contributed by atoms with Gasteiger partial charge in [-0.25, -0.2) is 0 Å². The molecule has 0 amide bonds. The lowest BCUT2D eigenvalue weighted by Gasteiger charge is -2.36. The highest BCUT2D eigenvalue weighted by atomic mass is 16.5. The number of hydrogen-bond donors (Lipinski definition) is 1. The molecule has 1 unspecified atom stereocenters. The Morgan fingerprint density at radius 3 is 2.32 bits per heavy atom. The maximum absolute atomic E-state index is 11.7. The van der Waals surface area contributed by atoms with Gasteiger partial charge in [0.2, 0.25) is 0 Å². The first-order chi connectivity index (χ1) is 9.06. The normalized spacial score (nSPS) is 19.6. The lowest BCUT2D eigenvalue weighted by molar-refractivity contribution is -0.145. The Kier molecular flexibility index (Phi) is 6.80. The van der Waals surface area contributed by atoms with Crippen molar-refractivity contribution in [2.24, 2.45) is 11.1 Å². The van der Waals surface area contributed by atoms with Crippen LogP contribution in [0.2, 0.25) is 0 Å². The molecule has 1 fully saturated rings. The minimum Gasteiger partial charge on any atom is -0.465 e. The first kappa shape index (κ1) is 16.4. The monoisotopic (exact) mass is 270 g/mol. The van der Waals surface area contributed by atoms with Crippen molar-refractivity contribution in [3.8, 4) is 0 Å². The molecule has 0 aromatic rings. The van der Waals surface area contributed by atoms with E-state index in [2.05, 4.69) is 18.7 Å². The van der Waals surface area contributed by atoms with E-state index in [-0.39, 0.29) is 11.4 Å². The Morgan fingerprint density at radius 2 is 1.84 bits per heavy atom. The van der Waals surface area contributed by atoms with Gasteiger partial charge in [0.25, 0.3) is 0 Å². The Morgan fingerprint density at radius 1 is 1.26 bits per heavy atom. The first-order valence-corrected chi connectivity index (χ1v) is 7.71. The number of carbonyl (C=O) groups is 1. The number of rotatable bonds is 8. The molecule has 1 rings (SSSR count). The van der Waals surface area contributed by atoms with Gasteiger partial charge in [-0.3, -0.25) is 4.79 Å². The van der Waals surface area contributed by atoms with E-state index < -0.39 is 6.04 Å². The minimum atomic E-state index is -0.464. The van der Waals surface area contributed by atoms with E-state index in [0.717, 1.165) is 26.1 Å². The van der Waals surface area contributed by atoms with E-state index in [0.29, 0.717) is 6.61 Å². The summed E-state index contributed by atoms with van der Waals surface area (Å²) in [5, 5.41) is 0. The van der Waals surface area contributed by atoms with Crippen LogP contribution in [0.1, 0.15) is 52.9 Å². The van der Waals surface area contributed by atoms with E-state index in [4.69, 9.17) is 10.5 Å². The van der Waals surface area contributed by atoms with Gasteiger partial charge < -0.3 is 15.4 Å². The fourth-order valence-electron chi connectivity index (χ4n) is 3.27. The van der Waals surface area contributed by atoms with Gasteiger partial charge in [0.15, 0.2) is 0 Å². The molecule has 112 valence electrons. The Balaban J connectivity index is 2.63. The fraction of sp³-hybridized carbons (Fsp3) is 0.933. The highest BCUT2D eigenvalue weighted by Gasteiger charge is 2.38. The van der Waals surface area contributed by atoms with Crippen molar-refractivity contribution in [3.05, 3.63) is 0 Å². The molecule has 1 aliphatic rings. The van der Waals surface area contributed by atoms with Crippen LogP contribution in [0.15, 0.2) is 0 Å². The number of nitrogens with two attached hydrogens (primary N) is 1. The molecular weight excluding hydrogens is 240 g/mol. The summed E-state index contributed by atoms with van der Waals surface area (Å²) >= 11 is 0. The smallest absolute Gasteiger partial charge is 0.322 e. The van der Waals surface area contributed by atoms with Gasteiger partial charge in [0.05, 0.1) is 6.61 Å². The molecule has 0 aromatic heterocycles. The van der Waals surface area contributed by atoms with E-state index in [1.807, 2.05) is 6.92 Å². The molecule has 0 bridgehead atoms. The van der Waals surface area contributed by atoms with Crippen molar-refractivity contribution in [2.45, 2.75) is 58.9 Å². The van der Waals surface area contributed by atoms with Crippen LogP contribution in [-0.4, -0.2) is 43.2 Å². The molecule has 0 radical (unpaired) electrons. The third-order valence-corrected chi connectivity index (χ3v) is 4.36. The third-order valence-electron chi connectivity index (χ3n) is 4.36. The summed E-state index contributed by atoms with van der Waals surface area (Å²) in [6.45, 7) is 9.81. The maximum atomic E-state index is 11.7. The zero-order valence-electron chi connectivity index (χ0n) is 12.8. The van der Waals surface area contributed by atoms with Gasteiger partial charge in [0, 0.05) is 6.54 Å². The second-order valence-corrected chi connectivity index (χ2v) is 5.73. The predicted octanol–water partition coefficient (Wildman–Crippen LogP) is 2.17. The molecule has 0 aromatic carbocycles. The molecule has 1 atom stereocenters. The van der Waals surface area contributed by atoms with Crippen LogP contribution >= 0.6 is 0 Å². The summed E-state index contributed by atoms with van der Waals surface area (Å²) in [6.07, 6.45) is 5.67. The molecule has 0 aliphatic heterocycles. The molecule has 4 heteroatoms. The Bertz CT molecular complexity index is 271. The van der Waals surface area contributed by atoms with Crippen LogP contribution in [0.25, 0.3) is 0 Å². The molecule has 4 nitrogen and oxygen atoms in total. The third kappa shape index (κ3) is 4.77. The van der Waals surface area contributed by atoms with Gasteiger partial charge >= 0.3 is 5.97 Å². The molecule has 2 N–H and O–H groups in total. The van der Waals surface area contributed by atoms with Crippen molar-refractivity contribution in [1.29, 1.82) is 0 Å². The van der Waals surface area contributed by atoms with E-state index in [1.165, 1.54) is 25.7 Å². The van der Waals surface area contributed by atoms with Gasteiger partial charge in [-0.1, -0.05) is 26.7 Å². The summed E-state index contributed by atoms with van der Waals surface area (Å²) in [4.78, 5) is 14.2. The van der Waals surface area contributed by atoms with Crippen LogP contribution in [0.3, 0.4) is 0 Å². The summed E-state index contributed by atoms with van der Waals surface area (Å²) in [5.74, 6) is -0.242. The van der Waals surface area contributed by atoms with Gasteiger partial charge in [-0.2, -0.15) is 0 Å². The first-order valence-electron chi connectivity index (χ1n) is 7.71. The van der Waals surface area contributed by atoms with Crippen LogP contribution in [0.4, 0.5) is 0 Å². The van der Waals surface area contributed by atoms with Crippen molar-refractivity contribution >= 4 is 5.97 Å². The van der Waals surface area contributed by atoms with Crippen molar-refractivity contribution in [3.63, 3.8) is 0 Å². The lowest BCUT2D eigenvalue weighted by atomic mass is 9.79. The zero-order valence-corrected chi connectivity index (χ0v) is 12.8. The highest BCUT2D eigenvalue weighted by Crippen LogP contribution is 2.42. The molecular formula is C15H30N2O2. The average molecular weight is 270 g/mol. The quantitative estimate of drug-likeness (QED) is 0.687. The van der Waals surface area contributed by atoms with Gasteiger partial charge in [-0.05, 0) is 44.7 Å². The van der Waals surface area contributed by atoms with Crippen LogP contribution in [0.5, 0.6) is 0 Å². The second kappa shape index (κ2) is 7.85. The van der Waals surface area contributed by atoms with E-state index in [9.17, 15) is 4.79 Å². The van der Waals surface area contributed by atoms with Crippen molar-refractivity contribution in [2.75, 3.05) is 26.2 Å². The number of ether oxygens (including phenoxy) is 1. The minimum absolute atomic E-state index is 0.220. The Hall–Kier alpha value is -0.610. The molecule has 0 saturated heterocycles. The Labute approximate surface area is 117 Å². The SMILES string of the molecule is CCOC(=O)C(N)CC1(CN(CC)CC)CCCC1. The molecule has 0 heterocycles. The van der Waals surface area contributed by atoms with Crippen LogP contribution in [-0.2, 0) is 9.53 Å². The van der Waals surface area contributed by atoms with Crippen molar-refractivity contribution < 1.29 is 9.53 Å². The number of carbonyl (C=O) groups excluding carboxylic acids is 1. The topological polar surface area (TPSA) is 55.6 Å². The molecule has 1 saturated carbocycles. The molecule has 0 spiro atoms. The second-order valence-electron chi connectivity index (χ2n) is 5.73. The fourth-order valence-corrected chi connectivity index (χ4v) is 3.27. The van der Waals surface area contributed by atoms with Crippen LogP contribution < -0.4 is 5.73 Å². The lowest BCUT2D eigenvalue weighted by Crippen LogP contribution is -2.43. The zero-order chi connectivity index (χ0) is 14.3. The largest absolute Gasteiger partial charge is 0.465 e. The number of hydrogen-bond acceptors (Lipinski definition) is 4. The number of esters is 1. The maximum Gasteiger partial charge on any atom is 0.322 e. The van der Waals surface area contributed by atoms with Gasteiger partial charge in [0.1, 0.15) is 6.04 Å².